The normalized spacial score (nSPS) is 10.5. The zero-order chi connectivity index (χ0) is 16.0. The molecule has 22 heavy (non-hydrogen) atoms. The van der Waals surface area contributed by atoms with Gasteiger partial charge in [-0.25, -0.2) is 4.79 Å². The third-order valence-corrected chi connectivity index (χ3v) is 3.68. The summed E-state index contributed by atoms with van der Waals surface area (Å²) in [4.78, 5) is 11.6. The van der Waals surface area contributed by atoms with Crippen LogP contribution in [0.1, 0.15) is 70.8 Å². The van der Waals surface area contributed by atoms with Gasteiger partial charge in [-0.2, -0.15) is 0 Å². The Bertz CT molecular complexity index is 415. The van der Waals surface area contributed by atoms with Crippen LogP contribution >= 0.6 is 0 Å². The van der Waals surface area contributed by atoms with Gasteiger partial charge in [-0.15, -0.1) is 0 Å². The fraction of sp³-hybridized carbons (Fsp3) is 0.632. The molecule has 0 unspecified atom stereocenters. The first-order chi connectivity index (χ1) is 10.8. The van der Waals surface area contributed by atoms with Crippen molar-refractivity contribution in [2.24, 2.45) is 0 Å². The van der Waals surface area contributed by atoms with Crippen LogP contribution in [0, 0.1) is 0 Å². The number of para-hydroxylation sites is 1. The van der Waals surface area contributed by atoms with E-state index in [1.807, 2.05) is 24.3 Å². The molecule has 0 saturated carbocycles. The van der Waals surface area contributed by atoms with E-state index < -0.39 is 6.16 Å². The van der Waals surface area contributed by atoms with Gasteiger partial charge in [0.25, 0.3) is 0 Å². The lowest BCUT2D eigenvalue weighted by Crippen LogP contribution is -2.12. The SMILES string of the molecule is CCCCCCCCc1ccccc1OC(=O)OCCCC. The summed E-state index contributed by atoms with van der Waals surface area (Å²) in [7, 11) is 0. The second kappa shape index (κ2) is 12.1. The molecule has 3 heteroatoms. The molecule has 0 amide bonds. The van der Waals surface area contributed by atoms with E-state index in [0.29, 0.717) is 12.4 Å². The first-order valence-corrected chi connectivity index (χ1v) is 8.70. The number of hydrogen-bond donors (Lipinski definition) is 0. The maximum atomic E-state index is 11.6. The maximum absolute atomic E-state index is 11.6. The van der Waals surface area contributed by atoms with E-state index in [1.165, 1.54) is 32.1 Å². The monoisotopic (exact) mass is 306 g/mol. The minimum absolute atomic E-state index is 0.426. The zero-order valence-corrected chi connectivity index (χ0v) is 14.1. The lowest BCUT2D eigenvalue weighted by molar-refractivity contribution is 0.0975. The van der Waals surface area contributed by atoms with E-state index >= 15 is 0 Å². The highest BCUT2D eigenvalue weighted by Gasteiger charge is 2.09. The first-order valence-electron chi connectivity index (χ1n) is 8.70. The summed E-state index contributed by atoms with van der Waals surface area (Å²) in [5, 5.41) is 0. The number of rotatable bonds is 11. The first kappa shape index (κ1) is 18.5. The molecular weight excluding hydrogens is 276 g/mol. The van der Waals surface area contributed by atoms with E-state index in [2.05, 4.69) is 13.8 Å². The minimum atomic E-state index is -0.594. The smallest absolute Gasteiger partial charge is 0.434 e. The average Bonchev–Trinajstić information content (AvgIpc) is 2.52. The summed E-state index contributed by atoms with van der Waals surface area (Å²) in [6, 6.07) is 7.75. The van der Waals surface area contributed by atoms with E-state index in [4.69, 9.17) is 9.47 Å². The van der Waals surface area contributed by atoms with E-state index in [-0.39, 0.29) is 0 Å². The van der Waals surface area contributed by atoms with Crippen molar-refractivity contribution in [3.63, 3.8) is 0 Å². The van der Waals surface area contributed by atoms with Crippen LogP contribution in [0.3, 0.4) is 0 Å². The Balaban J connectivity index is 2.36. The molecule has 1 aromatic rings. The molecule has 0 radical (unpaired) electrons. The molecule has 0 bridgehead atoms. The number of unbranched alkanes of at least 4 members (excludes halogenated alkanes) is 6. The van der Waals surface area contributed by atoms with Gasteiger partial charge in [0.2, 0.25) is 0 Å². The molecule has 0 aliphatic heterocycles. The molecule has 0 fully saturated rings. The van der Waals surface area contributed by atoms with Crippen LogP contribution in [-0.2, 0) is 11.2 Å². The van der Waals surface area contributed by atoms with Crippen molar-refractivity contribution < 1.29 is 14.3 Å². The molecule has 0 atom stereocenters. The molecule has 0 N–H and O–H groups in total. The van der Waals surface area contributed by atoms with Crippen LogP contribution in [0.25, 0.3) is 0 Å². The van der Waals surface area contributed by atoms with Gasteiger partial charge >= 0.3 is 6.16 Å². The number of ether oxygens (including phenoxy) is 2. The highest BCUT2D eigenvalue weighted by atomic mass is 16.7. The fourth-order valence-electron chi connectivity index (χ4n) is 2.32. The molecule has 0 spiro atoms. The Kier molecular flexibility index (Phi) is 10.2. The Morgan fingerprint density at radius 1 is 0.909 bits per heavy atom. The van der Waals surface area contributed by atoms with Gasteiger partial charge in [-0.3, -0.25) is 0 Å². The number of carbonyl (C=O) groups excluding carboxylic acids is 1. The number of aryl methyl sites for hydroxylation is 1. The number of carbonyl (C=O) groups is 1. The highest BCUT2D eigenvalue weighted by Crippen LogP contribution is 2.21. The van der Waals surface area contributed by atoms with Gasteiger partial charge in [0.15, 0.2) is 0 Å². The standard InChI is InChI=1S/C19H30O3/c1-3-5-7-8-9-10-13-17-14-11-12-15-18(17)22-19(20)21-16-6-4-2/h11-12,14-15H,3-10,13,16H2,1-2H3. The van der Waals surface area contributed by atoms with Crippen molar-refractivity contribution in [3.05, 3.63) is 29.8 Å². The van der Waals surface area contributed by atoms with Crippen molar-refractivity contribution in [1.82, 2.24) is 0 Å². The molecule has 1 aromatic carbocycles. The molecule has 0 aliphatic carbocycles. The van der Waals surface area contributed by atoms with E-state index in [0.717, 1.165) is 31.2 Å². The molecule has 0 saturated heterocycles. The Hall–Kier alpha value is -1.51. The second-order valence-corrected chi connectivity index (χ2v) is 5.68. The molecule has 0 aromatic heterocycles. The number of hydrogen-bond acceptors (Lipinski definition) is 3. The third kappa shape index (κ3) is 8.06. The molecule has 0 aliphatic rings. The third-order valence-electron chi connectivity index (χ3n) is 3.68. The van der Waals surface area contributed by atoms with Crippen molar-refractivity contribution in [2.75, 3.05) is 6.61 Å². The lowest BCUT2D eigenvalue weighted by Gasteiger charge is -2.10. The summed E-state index contributed by atoms with van der Waals surface area (Å²) in [5.41, 5.74) is 1.09. The topological polar surface area (TPSA) is 35.5 Å². The van der Waals surface area contributed by atoms with Gasteiger partial charge < -0.3 is 9.47 Å². The second-order valence-electron chi connectivity index (χ2n) is 5.68. The lowest BCUT2D eigenvalue weighted by atomic mass is 10.0. The van der Waals surface area contributed by atoms with Gasteiger partial charge in [0.1, 0.15) is 5.75 Å². The Morgan fingerprint density at radius 2 is 1.59 bits per heavy atom. The molecule has 0 heterocycles. The molecular formula is C19H30O3. The number of benzene rings is 1. The van der Waals surface area contributed by atoms with Gasteiger partial charge in [-0.05, 0) is 30.9 Å². The van der Waals surface area contributed by atoms with Gasteiger partial charge in [-0.1, -0.05) is 70.6 Å². The van der Waals surface area contributed by atoms with Crippen molar-refractivity contribution in [2.45, 2.75) is 71.6 Å². The largest absolute Gasteiger partial charge is 0.513 e. The summed E-state index contributed by atoms with van der Waals surface area (Å²) >= 11 is 0. The Morgan fingerprint density at radius 3 is 2.36 bits per heavy atom. The van der Waals surface area contributed by atoms with Crippen LogP contribution < -0.4 is 4.74 Å². The van der Waals surface area contributed by atoms with Crippen LogP contribution in [-0.4, -0.2) is 12.8 Å². The highest BCUT2D eigenvalue weighted by molar-refractivity contribution is 5.64. The molecule has 3 nitrogen and oxygen atoms in total. The predicted molar refractivity (Wildman–Crippen MR) is 90.4 cm³/mol. The molecule has 1 rings (SSSR count). The van der Waals surface area contributed by atoms with Crippen LogP contribution in [0.4, 0.5) is 4.79 Å². The van der Waals surface area contributed by atoms with Gasteiger partial charge in [0.05, 0.1) is 6.61 Å². The van der Waals surface area contributed by atoms with Crippen LogP contribution in [0.15, 0.2) is 24.3 Å². The molecule has 124 valence electrons. The zero-order valence-electron chi connectivity index (χ0n) is 14.1. The van der Waals surface area contributed by atoms with E-state index in [9.17, 15) is 4.79 Å². The van der Waals surface area contributed by atoms with Crippen molar-refractivity contribution >= 4 is 6.16 Å². The minimum Gasteiger partial charge on any atom is -0.434 e. The quantitative estimate of drug-likeness (QED) is 0.290. The summed E-state index contributed by atoms with van der Waals surface area (Å²) in [5.74, 6) is 0.637. The van der Waals surface area contributed by atoms with Crippen LogP contribution in [0.5, 0.6) is 5.75 Å². The van der Waals surface area contributed by atoms with Crippen molar-refractivity contribution in [1.29, 1.82) is 0 Å². The van der Waals surface area contributed by atoms with Crippen molar-refractivity contribution in [3.8, 4) is 5.75 Å². The fourth-order valence-corrected chi connectivity index (χ4v) is 2.32. The maximum Gasteiger partial charge on any atom is 0.513 e. The Labute approximate surface area is 135 Å². The summed E-state index contributed by atoms with van der Waals surface area (Å²) in [6.07, 6.45) is 9.79. The van der Waals surface area contributed by atoms with Crippen LogP contribution in [0.2, 0.25) is 0 Å². The van der Waals surface area contributed by atoms with Gasteiger partial charge in [0, 0.05) is 0 Å². The van der Waals surface area contributed by atoms with E-state index in [1.54, 1.807) is 0 Å². The predicted octanol–water partition coefficient (Wildman–Crippen LogP) is 5.91. The summed E-state index contributed by atoms with van der Waals surface area (Å²) < 4.78 is 10.4. The average molecular weight is 306 g/mol. The summed E-state index contributed by atoms with van der Waals surface area (Å²) in [6.45, 7) is 4.71.